The van der Waals surface area contributed by atoms with E-state index in [0.717, 1.165) is 44.6 Å². The number of rotatable bonds is 6. The van der Waals surface area contributed by atoms with Crippen LogP contribution in [-0.4, -0.2) is 47.4 Å². The predicted molar refractivity (Wildman–Crippen MR) is 117 cm³/mol. The van der Waals surface area contributed by atoms with Crippen LogP contribution in [0.25, 0.3) is 0 Å². The van der Waals surface area contributed by atoms with Crippen LogP contribution in [0, 0.1) is 5.92 Å². The van der Waals surface area contributed by atoms with Crippen molar-refractivity contribution in [3.05, 3.63) is 59.9 Å². The Morgan fingerprint density at radius 3 is 2.57 bits per heavy atom. The molecule has 4 rings (SSSR count). The average molecular weight is 407 g/mol. The number of piperidine rings is 1. The van der Waals surface area contributed by atoms with Gasteiger partial charge in [0, 0.05) is 56.7 Å². The molecule has 158 valence electrons. The van der Waals surface area contributed by atoms with Crippen LogP contribution in [-0.2, 0) is 22.6 Å². The normalized spacial score (nSPS) is 20.5. The lowest BCUT2D eigenvalue weighted by Gasteiger charge is -2.32. The van der Waals surface area contributed by atoms with Gasteiger partial charge in [0.05, 0.1) is 5.92 Å². The number of anilines is 1. The zero-order valence-corrected chi connectivity index (χ0v) is 17.6. The maximum atomic E-state index is 12.8. The summed E-state index contributed by atoms with van der Waals surface area (Å²) in [6, 6.07) is 12.3. The Kier molecular flexibility index (Phi) is 6.43. The number of benzene rings is 1. The highest BCUT2D eigenvalue weighted by molar-refractivity contribution is 6.00. The molecule has 0 saturated carbocycles. The van der Waals surface area contributed by atoms with Gasteiger partial charge in [-0.2, -0.15) is 0 Å². The van der Waals surface area contributed by atoms with E-state index in [1.54, 1.807) is 11.1 Å². The molecule has 0 bridgehead atoms. The topological polar surface area (TPSA) is 65.5 Å². The third kappa shape index (κ3) is 4.87. The molecule has 2 amide bonds. The van der Waals surface area contributed by atoms with Crippen LogP contribution >= 0.6 is 0 Å². The fourth-order valence-electron chi connectivity index (χ4n) is 4.35. The number of aryl methyl sites for hydroxylation is 1. The van der Waals surface area contributed by atoms with Crippen LogP contribution in [0.5, 0.6) is 0 Å². The summed E-state index contributed by atoms with van der Waals surface area (Å²) in [5.74, 6) is -0.218. The summed E-state index contributed by atoms with van der Waals surface area (Å²) < 4.78 is 0. The molecule has 0 radical (unpaired) electrons. The molecule has 30 heavy (non-hydrogen) atoms. The molecule has 1 N–H and O–H groups in total. The number of nitrogens with zero attached hydrogens (tertiary/aromatic N) is 3. The van der Waals surface area contributed by atoms with Gasteiger partial charge in [-0.3, -0.25) is 19.5 Å². The number of pyridine rings is 1. The maximum Gasteiger partial charge on any atom is 0.227 e. The van der Waals surface area contributed by atoms with Gasteiger partial charge in [-0.1, -0.05) is 25.1 Å². The first-order valence-electron chi connectivity index (χ1n) is 10.9. The zero-order valence-electron chi connectivity index (χ0n) is 17.6. The summed E-state index contributed by atoms with van der Waals surface area (Å²) in [7, 11) is 0. The second kappa shape index (κ2) is 9.39. The molecule has 1 aromatic carbocycles. The second-order valence-corrected chi connectivity index (χ2v) is 8.35. The van der Waals surface area contributed by atoms with Crippen LogP contribution in [0.15, 0.2) is 48.8 Å². The van der Waals surface area contributed by atoms with Crippen molar-refractivity contribution in [2.45, 2.75) is 45.2 Å². The largest absolute Gasteiger partial charge is 0.353 e. The Bertz CT molecular complexity index is 861. The van der Waals surface area contributed by atoms with Gasteiger partial charge in [0.25, 0.3) is 0 Å². The fraction of sp³-hybridized carbons (Fsp3) is 0.458. The van der Waals surface area contributed by atoms with Crippen LogP contribution in [0.4, 0.5) is 5.69 Å². The minimum atomic E-state index is -0.267. The maximum absolute atomic E-state index is 12.8. The van der Waals surface area contributed by atoms with Crippen molar-refractivity contribution in [2.24, 2.45) is 5.92 Å². The van der Waals surface area contributed by atoms with Gasteiger partial charge in [-0.15, -0.1) is 0 Å². The molecule has 2 aromatic rings. The van der Waals surface area contributed by atoms with Gasteiger partial charge in [0.2, 0.25) is 11.8 Å². The molecule has 1 atom stereocenters. The molecule has 6 heteroatoms. The van der Waals surface area contributed by atoms with Gasteiger partial charge in [0.1, 0.15) is 0 Å². The number of carbonyl (C=O) groups excluding carboxylic acids is 2. The molecule has 0 unspecified atom stereocenters. The molecule has 1 aromatic heterocycles. The van der Waals surface area contributed by atoms with E-state index in [2.05, 4.69) is 40.3 Å². The van der Waals surface area contributed by atoms with E-state index in [-0.39, 0.29) is 23.8 Å². The number of amides is 2. The molecular formula is C24H30N4O2. The zero-order chi connectivity index (χ0) is 20.9. The van der Waals surface area contributed by atoms with Crippen LogP contribution in [0.1, 0.15) is 37.3 Å². The Morgan fingerprint density at radius 2 is 1.90 bits per heavy atom. The SMILES string of the molecule is CCc1ccc(N2C[C@@H](C(=O)NC3CCN(Cc4cccnc4)CC3)CC2=O)cc1. The molecule has 0 spiro atoms. The highest BCUT2D eigenvalue weighted by Gasteiger charge is 2.36. The third-order valence-electron chi connectivity index (χ3n) is 6.22. The number of carbonyl (C=O) groups is 2. The molecule has 0 aliphatic carbocycles. The van der Waals surface area contributed by atoms with Crippen molar-refractivity contribution in [3.8, 4) is 0 Å². The van der Waals surface area contributed by atoms with Crippen LogP contribution in [0.2, 0.25) is 0 Å². The van der Waals surface area contributed by atoms with E-state index >= 15 is 0 Å². The van der Waals surface area contributed by atoms with Crippen LogP contribution in [0.3, 0.4) is 0 Å². The van der Waals surface area contributed by atoms with Gasteiger partial charge in [-0.25, -0.2) is 0 Å². The summed E-state index contributed by atoms with van der Waals surface area (Å²) in [6.45, 7) is 5.39. The van der Waals surface area contributed by atoms with Gasteiger partial charge in [0.15, 0.2) is 0 Å². The van der Waals surface area contributed by atoms with E-state index in [4.69, 9.17) is 0 Å². The number of nitrogens with one attached hydrogen (secondary N) is 1. The summed E-state index contributed by atoms with van der Waals surface area (Å²) >= 11 is 0. The fourth-order valence-corrected chi connectivity index (χ4v) is 4.35. The third-order valence-corrected chi connectivity index (χ3v) is 6.22. The lowest BCUT2D eigenvalue weighted by molar-refractivity contribution is -0.127. The molecule has 2 saturated heterocycles. The van der Waals surface area contributed by atoms with Crippen molar-refractivity contribution in [1.82, 2.24) is 15.2 Å². The van der Waals surface area contributed by atoms with Crippen molar-refractivity contribution in [3.63, 3.8) is 0 Å². The second-order valence-electron chi connectivity index (χ2n) is 8.35. The van der Waals surface area contributed by atoms with Crippen molar-refractivity contribution in [1.29, 1.82) is 0 Å². The predicted octanol–water partition coefficient (Wildman–Crippen LogP) is 2.78. The van der Waals surface area contributed by atoms with Crippen molar-refractivity contribution < 1.29 is 9.59 Å². The monoisotopic (exact) mass is 406 g/mol. The smallest absolute Gasteiger partial charge is 0.227 e. The molecular weight excluding hydrogens is 376 g/mol. The first kappa shape index (κ1) is 20.5. The minimum Gasteiger partial charge on any atom is -0.353 e. The van der Waals surface area contributed by atoms with Gasteiger partial charge >= 0.3 is 0 Å². The standard InChI is InChI=1S/C24H30N4O2/c1-2-18-5-7-22(8-6-18)28-17-20(14-23(28)29)24(30)26-21-9-12-27(13-10-21)16-19-4-3-11-25-15-19/h3-8,11,15,20-21H,2,9-10,12-14,16-17H2,1H3,(H,26,30)/t20-/m0/s1. The van der Waals surface area contributed by atoms with E-state index in [1.165, 1.54) is 11.1 Å². The number of hydrogen-bond acceptors (Lipinski definition) is 4. The number of likely N-dealkylation sites (tertiary alicyclic amines) is 1. The Morgan fingerprint density at radius 1 is 1.13 bits per heavy atom. The minimum absolute atomic E-state index is 0.0155. The Balaban J connectivity index is 1.26. The summed E-state index contributed by atoms with van der Waals surface area (Å²) in [5, 5.41) is 3.20. The van der Waals surface area contributed by atoms with E-state index < -0.39 is 0 Å². The quantitative estimate of drug-likeness (QED) is 0.801. The van der Waals surface area contributed by atoms with Gasteiger partial charge in [-0.05, 0) is 48.6 Å². The molecule has 2 aliphatic rings. The number of hydrogen-bond donors (Lipinski definition) is 1. The van der Waals surface area contributed by atoms with Crippen molar-refractivity contribution in [2.75, 3.05) is 24.5 Å². The van der Waals surface area contributed by atoms with E-state index in [9.17, 15) is 9.59 Å². The highest BCUT2D eigenvalue weighted by Crippen LogP contribution is 2.26. The van der Waals surface area contributed by atoms with E-state index in [0.29, 0.717) is 13.0 Å². The Hall–Kier alpha value is -2.73. The first-order chi connectivity index (χ1) is 14.6. The highest BCUT2D eigenvalue weighted by atomic mass is 16.2. The lowest BCUT2D eigenvalue weighted by atomic mass is 10.0. The summed E-state index contributed by atoms with van der Waals surface area (Å²) in [6.07, 6.45) is 6.85. The van der Waals surface area contributed by atoms with Crippen molar-refractivity contribution >= 4 is 17.5 Å². The number of aromatic nitrogens is 1. The average Bonchev–Trinajstić information content (AvgIpc) is 3.18. The summed E-state index contributed by atoms with van der Waals surface area (Å²) in [5.41, 5.74) is 3.35. The molecule has 3 heterocycles. The summed E-state index contributed by atoms with van der Waals surface area (Å²) in [4.78, 5) is 33.6. The molecule has 2 fully saturated rings. The molecule has 6 nitrogen and oxygen atoms in total. The van der Waals surface area contributed by atoms with Crippen LogP contribution < -0.4 is 10.2 Å². The molecule has 2 aliphatic heterocycles. The van der Waals surface area contributed by atoms with E-state index in [1.807, 2.05) is 24.4 Å². The van der Waals surface area contributed by atoms with Gasteiger partial charge < -0.3 is 10.2 Å². The Labute approximate surface area is 178 Å². The lowest BCUT2D eigenvalue weighted by Crippen LogP contribution is -2.46. The first-order valence-corrected chi connectivity index (χ1v) is 10.9.